The summed E-state index contributed by atoms with van der Waals surface area (Å²) in [5, 5.41) is 3.41. The van der Waals surface area contributed by atoms with Gasteiger partial charge in [0.05, 0.1) is 5.02 Å². The van der Waals surface area contributed by atoms with Crippen LogP contribution < -0.4 is 11.1 Å². The molecule has 0 bridgehead atoms. The Kier molecular flexibility index (Phi) is 4.72. The Morgan fingerprint density at radius 3 is 2.50 bits per heavy atom. The molecule has 0 radical (unpaired) electrons. The Labute approximate surface area is 133 Å². The number of halogens is 1. The summed E-state index contributed by atoms with van der Waals surface area (Å²) in [5.41, 5.74) is 6.92. The van der Waals surface area contributed by atoms with Crippen molar-refractivity contribution in [3.8, 4) is 11.1 Å². The van der Waals surface area contributed by atoms with Gasteiger partial charge in [0.2, 0.25) is 0 Å². The molecule has 0 spiro atoms. The molecule has 114 valence electrons. The average Bonchev–Trinajstić information content (AvgIpc) is 2.54. The molecule has 0 aliphatic carbocycles. The molecule has 2 heterocycles. The molecule has 0 aliphatic heterocycles. The number of nitrogens with zero attached hydrogens (tertiary/aromatic N) is 3. The number of hydrogen-bond donors (Lipinski definition) is 2. The molecule has 0 aromatic carbocycles. The van der Waals surface area contributed by atoms with Crippen LogP contribution in [0.5, 0.6) is 0 Å². The molecular formula is C15H16ClN5O. The Hall–Kier alpha value is -2.47. The van der Waals surface area contributed by atoms with E-state index in [1.807, 2.05) is 6.07 Å². The number of aldehydes is 1. The van der Waals surface area contributed by atoms with E-state index in [9.17, 15) is 4.79 Å². The molecule has 0 amide bonds. The second-order valence-corrected chi connectivity index (χ2v) is 5.34. The van der Waals surface area contributed by atoms with Crippen molar-refractivity contribution < 1.29 is 4.79 Å². The van der Waals surface area contributed by atoms with E-state index in [1.165, 1.54) is 0 Å². The molecule has 2 aromatic rings. The van der Waals surface area contributed by atoms with Crippen LogP contribution in [0, 0.1) is 0 Å². The number of aliphatic imine (C=N–C) groups is 1. The standard InChI is InChI=1S/C15H16ClN5O/c1-15(9-22,21-14(17)18-2)12-3-10(5-19-7-12)11-4-13(16)8-20-6-11/h3-9H,1-2H3,(H3,17,18,21). The summed E-state index contributed by atoms with van der Waals surface area (Å²) in [6, 6.07) is 3.62. The molecule has 1 unspecified atom stereocenters. The van der Waals surface area contributed by atoms with Gasteiger partial charge in [-0.2, -0.15) is 0 Å². The van der Waals surface area contributed by atoms with E-state index in [1.54, 1.807) is 44.8 Å². The summed E-state index contributed by atoms with van der Waals surface area (Å²) in [7, 11) is 1.54. The predicted octanol–water partition coefficient (Wildman–Crippen LogP) is 1.75. The zero-order valence-corrected chi connectivity index (χ0v) is 13.0. The molecule has 22 heavy (non-hydrogen) atoms. The van der Waals surface area contributed by atoms with E-state index in [0.717, 1.165) is 17.4 Å². The Morgan fingerprint density at radius 1 is 1.27 bits per heavy atom. The third-order valence-corrected chi connectivity index (χ3v) is 3.45. The first-order chi connectivity index (χ1) is 10.5. The van der Waals surface area contributed by atoms with Crippen LogP contribution in [-0.4, -0.2) is 29.3 Å². The molecule has 6 nitrogen and oxygen atoms in total. The first-order valence-electron chi connectivity index (χ1n) is 6.52. The van der Waals surface area contributed by atoms with Gasteiger partial charge in [0.1, 0.15) is 11.8 Å². The van der Waals surface area contributed by atoms with Crippen molar-refractivity contribution in [2.45, 2.75) is 12.5 Å². The lowest BCUT2D eigenvalue weighted by atomic mass is 9.93. The van der Waals surface area contributed by atoms with Crippen LogP contribution in [0.4, 0.5) is 0 Å². The summed E-state index contributed by atoms with van der Waals surface area (Å²) >= 11 is 5.96. The first kappa shape index (κ1) is 15.9. The molecule has 3 N–H and O–H groups in total. The molecular weight excluding hydrogens is 302 g/mol. The molecule has 1 atom stereocenters. The summed E-state index contributed by atoms with van der Waals surface area (Å²) in [6.07, 6.45) is 7.28. The number of nitrogens with two attached hydrogens (primary N) is 1. The molecule has 0 fully saturated rings. The number of rotatable bonds is 4. The molecule has 7 heteroatoms. The van der Waals surface area contributed by atoms with Gasteiger partial charge in [-0.05, 0) is 19.1 Å². The van der Waals surface area contributed by atoms with Gasteiger partial charge in [-0.1, -0.05) is 11.6 Å². The van der Waals surface area contributed by atoms with Gasteiger partial charge in [-0.25, -0.2) is 0 Å². The van der Waals surface area contributed by atoms with E-state index in [2.05, 4.69) is 20.3 Å². The van der Waals surface area contributed by atoms with E-state index in [4.69, 9.17) is 17.3 Å². The number of aromatic nitrogens is 2. The maximum absolute atomic E-state index is 11.5. The minimum atomic E-state index is -1.03. The van der Waals surface area contributed by atoms with Crippen molar-refractivity contribution in [2.24, 2.45) is 10.7 Å². The second-order valence-electron chi connectivity index (χ2n) is 4.91. The highest BCUT2D eigenvalue weighted by Gasteiger charge is 2.27. The number of hydrogen-bond acceptors (Lipinski definition) is 4. The van der Waals surface area contributed by atoms with Gasteiger partial charge in [0.25, 0.3) is 0 Å². The van der Waals surface area contributed by atoms with Crippen LogP contribution in [0.1, 0.15) is 12.5 Å². The predicted molar refractivity (Wildman–Crippen MR) is 86.6 cm³/mol. The molecule has 0 aliphatic rings. The van der Waals surface area contributed by atoms with E-state index in [0.29, 0.717) is 10.6 Å². The van der Waals surface area contributed by atoms with Crippen molar-refractivity contribution in [1.82, 2.24) is 15.3 Å². The van der Waals surface area contributed by atoms with Crippen molar-refractivity contribution in [2.75, 3.05) is 7.05 Å². The van der Waals surface area contributed by atoms with Crippen molar-refractivity contribution >= 4 is 23.8 Å². The molecule has 2 rings (SSSR count). The van der Waals surface area contributed by atoms with Crippen molar-refractivity contribution in [3.63, 3.8) is 0 Å². The highest BCUT2D eigenvalue weighted by atomic mass is 35.5. The fourth-order valence-corrected chi connectivity index (χ4v) is 2.12. The minimum Gasteiger partial charge on any atom is -0.370 e. The Balaban J connectivity index is 2.44. The molecule has 0 saturated carbocycles. The van der Waals surface area contributed by atoms with Gasteiger partial charge >= 0.3 is 0 Å². The maximum atomic E-state index is 11.5. The summed E-state index contributed by atoms with van der Waals surface area (Å²) in [6.45, 7) is 1.70. The maximum Gasteiger partial charge on any atom is 0.189 e. The highest BCUT2D eigenvalue weighted by molar-refractivity contribution is 6.30. The summed E-state index contributed by atoms with van der Waals surface area (Å²) in [5.74, 6) is 0.171. The SMILES string of the molecule is CN=C(N)NC(C)(C=O)c1cncc(-c2cncc(Cl)c2)c1. The zero-order valence-electron chi connectivity index (χ0n) is 12.2. The quantitative estimate of drug-likeness (QED) is 0.509. The van der Waals surface area contributed by atoms with Crippen LogP contribution in [0.25, 0.3) is 11.1 Å². The van der Waals surface area contributed by atoms with Crippen LogP contribution >= 0.6 is 11.6 Å². The largest absolute Gasteiger partial charge is 0.370 e. The van der Waals surface area contributed by atoms with Gasteiger partial charge in [0, 0.05) is 48.5 Å². The molecule has 0 saturated heterocycles. The lowest BCUT2D eigenvalue weighted by Gasteiger charge is -2.25. The van der Waals surface area contributed by atoms with Crippen molar-refractivity contribution in [1.29, 1.82) is 0 Å². The van der Waals surface area contributed by atoms with Crippen LogP contribution in [0.3, 0.4) is 0 Å². The Bertz CT molecular complexity index is 719. The minimum absolute atomic E-state index is 0.171. The van der Waals surface area contributed by atoms with E-state index < -0.39 is 5.54 Å². The highest BCUT2D eigenvalue weighted by Crippen LogP contribution is 2.25. The summed E-state index contributed by atoms with van der Waals surface area (Å²) in [4.78, 5) is 23.6. The fraction of sp³-hybridized carbons (Fsp3) is 0.200. The number of nitrogens with one attached hydrogen (secondary N) is 1. The number of carbonyl (C=O) groups is 1. The third kappa shape index (κ3) is 3.40. The van der Waals surface area contributed by atoms with Gasteiger partial charge in [-0.15, -0.1) is 0 Å². The smallest absolute Gasteiger partial charge is 0.189 e. The fourth-order valence-electron chi connectivity index (χ4n) is 1.94. The number of carbonyl (C=O) groups excluding carboxylic acids is 1. The van der Waals surface area contributed by atoms with E-state index >= 15 is 0 Å². The lowest BCUT2D eigenvalue weighted by molar-refractivity contribution is -0.112. The topological polar surface area (TPSA) is 93.3 Å². The number of guanidine groups is 1. The van der Waals surface area contributed by atoms with E-state index in [-0.39, 0.29) is 5.96 Å². The van der Waals surface area contributed by atoms with Gasteiger partial charge < -0.3 is 15.8 Å². The van der Waals surface area contributed by atoms with Gasteiger partial charge in [-0.3, -0.25) is 15.0 Å². The molecule has 2 aromatic heterocycles. The second kappa shape index (κ2) is 6.53. The Morgan fingerprint density at radius 2 is 1.91 bits per heavy atom. The van der Waals surface area contributed by atoms with Crippen LogP contribution in [0.2, 0.25) is 5.02 Å². The monoisotopic (exact) mass is 317 g/mol. The first-order valence-corrected chi connectivity index (χ1v) is 6.89. The summed E-state index contributed by atoms with van der Waals surface area (Å²) < 4.78 is 0. The van der Waals surface area contributed by atoms with Crippen LogP contribution in [0.15, 0.2) is 41.9 Å². The number of pyridine rings is 2. The average molecular weight is 318 g/mol. The normalized spacial score (nSPS) is 14.2. The van der Waals surface area contributed by atoms with Crippen molar-refractivity contribution in [3.05, 3.63) is 47.5 Å². The van der Waals surface area contributed by atoms with Crippen LogP contribution in [-0.2, 0) is 10.3 Å². The zero-order chi connectivity index (χ0) is 16.2. The lowest BCUT2D eigenvalue weighted by Crippen LogP contribution is -2.48. The van der Waals surface area contributed by atoms with Gasteiger partial charge in [0.15, 0.2) is 5.96 Å². The third-order valence-electron chi connectivity index (χ3n) is 3.24.